The van der Waals surface area contributed by atoms with E-state index in [1.165, 1.54) is 32.1 Å². The normalized spacial score (nSPS) is 33.9. The molecule has 0 aliphatic heterocycles. The maximum absolute atomic E-state index is 10.3. The highest BCUT2D eigenvalue weighted by Crippen LogP contribution is 2.60. The van der Waals surface area contributed by atoms with E-state index in [9.17, 15) is 10.4 Å². The van der Waals surface area contributed by atoms with Gasteiger partial charge in [0.1, 0.15) is 22.5 Å². The zero-order valence-electron chi connectivity index (χ0n) is 24.5. The van der Waals surface area contributed by atoms with E-state index in [0.29, 0.717) is 35.8 Å². The van der Waals surface area contributed by atoms with Crippen molar-refractivity contribution in [3.05, 3.63) is 35.7 Å². The van der Waals surface area contributed by atoms with E-state index >= 15 is 0 Å². The van der Waals surface area contributed by atoms with Gasteiger partial charge in [-0.1, -0.05) is 13.0 Å². The molecule has 0 saturated heterocycles. The lowest BCUT2D eigenvalue weighted by molar-refractivity contribution is -0.0711. The van der Waals surface area contributed by atoms with Crippen LogP contribution in [0.4, 0.5) is 11.8 Å². The van der Waals surface area contributed by atoms with Gasteiger partial charge in [-0.3, -0.25) is 0 Å². The lowest BCUT2D eigenvalue weighted by atomic mass is 9.48. The van der Waals surface area contributed by atoms with Crippen molar-refractivity contribution in [1.29, 1.82) is 5.26 Å². The number of anilines is 2. The zero-order valence-corrected chi connectivity index (χ0v) is 25.3. The smallest absolute Gasteiger partial charge is 0.224 e. The number of aromatic nitrogens is 3. The Bertz CT molecular complexity index is 1240. The van der Waals surface area contributed by atoms with E-state index in [2.05, 4.69) is 45.0 Å². The fourth-order valence-corrected chi connectivity index (χ4v) is 9.24. The highest BCUT2D eigenvalue weighted by Gasteiger charge is 2.55. The second kappa shape index (κ2) is 12.1. The topological polar surface area (TPSA) is 119 Å². The summed E-state index contributed by atoms with van der Waals surface area (Å²) in [7, 11) is 0. The summed E-state index contributed by atoms with van der Waals surface area (Å²) in [4.78, 5) is 13.7. The van der Waals surface area contributed by atoms with Gasteiger partial charge < -0.3 is 21.1 Å². The minimum atomic E-state index is -0.457. The van der Waals surface area contributed by atoms with Crippen molar-refractivity contribution in [2.45, 2.75) is 94.8 Å². The monoisotopic (exact) mass is 575 g/mol. The molecule has 4 bridgehead atoms. The van der Waals surface area contributed by atoms with Crippen molar-refractivity contribution < 1.29 is 5.11 Å². The molecule has 0 spiro atoms. The number of aliphatic hydroxyl groups is 1. The summed E-state index contributed by atoms with van der Waals surface area (Å²) in [6.45, 7) is 6.68. The van der Waals surface area contributed by atoms with E-state index in [1.807, 2.05) is 19.2 Å². The number of nitrogens with zero attached hydrogens (tertiary/aromatic N) is 4. The van der Waals surface area contributed by atoms with Crippen LogP contribution in [0.1, 0.15) is 82.8 Å². The second-order valence-electron chi connectivity index (χ2n) is 13.5. The Hall–Kier alpha value is -2.41. The predicted octanol–water partition coefficient (Wildman–Crippen LogP) is 5.60. The Labute approximate surface area is 248 Å². The molecule has 2 heterocycles. The molecular formula is C32H45N7OS. The first-order valence-corrected chi connectivity index (χ1v) is 16.6. The molecule has 5 atom stereocenters. The highest BCUT2D eigenvalue weighted by molar-refractivity contribution is 7.99. The van der Waals surface area contributed by atoms with Gasteiger partial charge in [-0.2, -0.15) is 10.2 Å². The standard InChI is InChI=1S/C32H45N7OS/c1-3-41-29-23(5-4-10-34-29)18-36-30-37-19-26(16-33)28(39-30)38-20-32-13-22-11-24(14-32)27(25(12-22)15-32)35-17-21-6-8-31(2,40)9-7-21/h4-5,10,19,21-22,24-25,27,35,40H,3,6-9,11-15,17-18,20H2,1-2H3,(H2,36,37,38,39)/t21-,22?,24-,25+,27-,31-,32-. The minimum absolute atomic E-state index is 0.283. The molecule has 9 heteroatoms. The first kappa shape index (κ1) is 28.7. The Kier molecular flexibility index (Phi) is 8.44. The molecule has 5 fully saturated rings. The van der Waals surface area contributed by atoms with Crippen LogP contribution in [0.25, 0.3) is 0 Å². The Morgan fingerprint density at radius 3 is 2.63 bits per heavy atom. The van der Waals surface area contributed by atoms with Gasteiger partial charge >= 0.3 is 0 Å². The summed E-state index contributed by atoms with van der Waals surface area (Å²) in [6, 6.07) is 6.95. The molecule has 5 saturated carbocycles. The second-order valence-corrected chi connectivity index (χ2v) is 14.8. The minimum Gasteiger partial charge on any atom is -0.390 e. The molecule has 0 amide bonds. The first-order chi connectivity index (χ1) is 19.9. The lowest BCUT2D eigenvalue weighted by Gasteiger charge is -2.60. The van der Waals surface area contributed by atoms with Crippen LogP contribution < -0.4 is 16.0 Å². The number of hydrogen-bond acceptors (Lipinski definition) is 9. The molecular weight excluding hydrogens is 530 g/mol. The van der Waals surface area contributed by atoms with Gasteiger partial charge in [0, 0.05) is 30.9 Å². The van der Waals surface area contributed by atoms with Crippen molar-refractivity contribution in [2.24, 2.45) is 29.1 Å². The van der Waals surface area contributed by atoms with Gasteiger partial charge in [-0.25, -0.2) is 9.97 Å². The lowest BCUT2D eigenvalue weighted by Crippen LogP contribution is -2.60. The third-order valence-electron chi connectivity index (χ3n) is 10.3. The van der Waals surface area contributed by atoms with Gasteiger partial charge in [0.15, 0.2) is 0 Å². The molecule has 4 N–H and O–H groups in total. The van der Waals surface area contributed by atoms with Crippen LogP contribution in [-0.2, 0) is 6.54 Å². The summed E-state index contributed by atoms with van der Waals surface area (Å²) in [5, 5.41) is 32.1. The summed E-state index contributed by atoms with van der Waals surface area (Å²) >= 11 is 1.73. The van der Waals surface area contributed by atoms with Crippen molar-refractivity contribution in [1.82, 2.24) is 20.3 Å². The summed E-state index contributed by atoms with van der Waals surface area (Å²) < 4.78 is 0. The molecule has 5 aliphatic rings. The Balaban J connectivity index is 1.07. The van der Waals surface area contributed by atoms with Crippen molar-refractivity contribution >= 4 is 23.5 Å². The summed E-state index contributed by atoms with van der Waals surface area (Å²) in [6.07, 6.45) is 14.1. The molecule has 8 nitrogen and oxygen atoms in total. The van der Waals surface area contributed by atoms with E-state index in [-0.39, 0.29) is 5.41 Å². The fraction of sp³-hybridized carbons (Fsp3) is 0.688. The average molecular weight is 576 g/mol. The average Bonchev–Trinajstić information content (AvgIpc) is 2.96. The number of hydrogen-bond donors (Lipinski definition) is 4. The molecule has 2 aromatic heterocycles. The number of thioether (sulfide) groups is 1. The van der Waals surface area contributed by atoms with Crippen LogP contribution in [0.15, 0.2) is 29.6 Å². The number of pyridine rings is 1. The van der Waals surface area contributed by atoms with Crippen molar-refractivity contribution in [3.63, 3.8) is 0 Å². The van der Waals surface area contributed by atoms with Gasteiger partial charge in [0.2, 0.25) is 5.95 Å². The number of nitrogens with one attached hydrogen (secondary N) is 3. The highest BCUT2D eigenvalue weighted by atomic mass is 32.2. The molecule has 2 aromatic rings. The van der Waals surface area contributed by atoms with E-state index < -0.39 is 5.60 Å². The fourth-order valence-electron chi connectivity index (χ4n) is 8.50. The van der Waals surface area contributed by atoms with E-state index in [1.54, 1.807) is 18.0 Å². The van der Waals surface area contributed by atoms with Crippen LogP contribution in [0.3, 0.4) is 0 Å². The maximum Gasteiger partial charge on any atom is 0.224 e. The van der Waals surface area contributed by atoms with Crippen LogP contribution in [0.5, 0.6) is 0 Å². The largest absolute Gasteiger partial charge is 0.390 e. The van der Waals surface area contributed by atoms with Crippen molar-refractivity contribution in [3.8, 4) is 6.07 Å². The summed E-state index contributed by atoms with van der Waals surface area (Å²) in [5.41, 5.74) is 1.44. The van der Waals surface area contributed by atoms with Gasteiger partial charge in [0.05, 0.1) is 11.8 Å². The van der Waals surface area contributed by atoms with Crippen LogP contribution in [0.2, 0.25) is 0 Å². The van der Waals surface area contributed by atoms with Gasteiger partial charge in [-0.15, -0.1) is 11.8 Å². The third kappa shape index (κ3) is 6.50. The zero-order chi connectivity index (χ0) is 28.5. The number of nitriles is 1. The van der Waals surface area contributed by atoms with E-state index in [4.69, 9.17) is 4.98 Å². The predicted molar refractivity (Wildman–Crippen MR) is 164 cm³/mol. The van der Waals surface area contributed by atoms with Crippen LogP contribution in [0, 0.1) is 40.4 Å². The van der Waals surface area contributed by atoms with E-state index in [0.717, 1.165) is 72.9 Å². The molecule has 220 valence electrons. The summed E-state index contributed by atoms with van der Waals surface area (Å²) in [5.74, 6) is 5.13. The SMILES string of the molecule is CCSc1ncccc1CNc1ncc(C#N)c(NC[C@]23CC4C[C@H](C2)[C@@H](NC[C@H]2CC[C@](C)(O)CC2)[C@@H](C4)C3)n1. The molecule has 7 rings (SSSR count). The maximum atomic E-state index is 10.3. The molecule has 41 heavy (non-hydrogen) atoms. The Morgan fingerprint density at radius 1 is 1.12 bits per heavy atom. The van der Waals surface area contributed by atoms with Crippen LogP contribution >= 0.6 is 11.8 Å². The molecule has 1 unspecified atom stereocenters. The molecule has 5 aliphatic carbocycles. The first-order valence-electron chi connectivity index (χ1n) is 15.6. The molecule has 0 radical (unpaired) electrons. The quantitative estimate of drug-likeness (QED) is 0.254. The Morgan fingerprint density at radius 2 is 1.90 bits per heavy atom. The van der Waals surface area contributed by atoms with Gasteiger partial charge in [-0.05, 0) is 112 Å². The van der Waals surface area contributed by atoms with Gasteiger partial charge in [0.25, 0.3) is 0 Å². The number of rotatable bonds is 11. The van der Waals surface area contributed by atoms with Crippen LogP contribution in [-0.4, -0.2) is 50.5 Å². The molecule has 0 aromatic carbocycles. The third-order valence-corrected chi connectivity index (χ3v) is 11.3. The van der Waals surface area contributed by atoms with Crippen molar-refractivity contribution in [2.75, 3.05) is 29.5 Å².